The summed E-state index contributed by atoms with van der Waals surface area (Å²) in [6, 6.07) is 9.60. The first kappa shape index (κ1) is 21.0. The number of hydrogen-bond acceptors (Lipinski definition) is 5. The molecule has 6 nitrogen and oxygen atoms in total. The topological polar surface area (TPSA) is 72.1 Å². The molecule has 2 aromatic heterocycles. The molecular formula is C21H22Cl2N4O2. The molecule has 2 aromatic carbocycles. The predicted octanol–water partition coefficient (Wildman–Crippen LogP) is 6.04. The molecule has 0 aliphatic carbocycles. The van der Waals surface area contributed by atoms with E-state index in [2.05, 4.69) is 20.3 Å². The van der Waals surface area contributed by atoms with Crippen molar-refractivity contribution in [2.45, 2.75) is 20.8 Å². The van der Waals surface area contributed by atoms with Crippen molar-refractivity contribution in [1.29, 1.82) is 0 Å². The average Bonchev–Trinajstić information content (AvgIpc) is 3.14. The summed E-state index contributed by atoms with van der Waals surface area (Å²) in [5, 5.41) is 4.98. The zero-order valence-corrected chi connectivity index (χ0v) is 17.9. The standard InChI is InChI=1S/C21H21ClN4O2.ClH/c1-4-27-18-10-16(19(28-5-2)9-13(18)22)26-17-8-12(3)25-14-6-7-15-21(20(14)17)24-11-23-15;/h6-11H,4-5H2,1-3H3,(H,23,24)(H,25,26);1H. The van der Waals surface area contributed by atoms with Crippen LogP contribution in [0.15, 0.2) is 36.7 Å². The zero-order chi connectivity index (χ0) is 19.7. The largest absolute Gasteiger partial charge is 0.492 e. The highest BCUT2D eigenvalue weighted by atomic mass is 35.5. The van der Waals surface area contributed by atoms with Crippen LogP contribution in [0.2, 0.25) is 5.02 Å². The second-order valence-electron chi connectivity index (χ2n) is 6.34. The maximum absolute atomic E-state index is 6.35. The van der Waals surface area contributed by atoms with Gasteiger partial charge in [-0.2, -0.15) is 0 Å². The van der Waals surface area contributed by atoms with Crippen LogP contribution >= 0.6 is 24.0 Å². The van der Waals surface area contributed by atoms with E-state index in [0.29, 0.717) is 29.7 Å². The SMILES string of the molecule is CCOc1cc(Nc2cc(C)nc3ccc4nc[nH]c4c23)c(OCC)cc1Cl.Cl. The summed E-state index contributed by atoms with van der Waals surface area (Å²) in [6.45, 7) is 6.89. The Morgan fingerprint density at radius 2 is 1.72 bits per heavy atom. The Morgan fingerprint density at radius 3 is 2.48 bits per heavy atom. The number of halogens is 2. The number of pyridine rings is 1. The van der Waals surface area contributed by atoms with Crippen molar-refractivity contribution in [2.24, 2.45) is 0 Å². The highest BCUT2D eigenvalue weighted by molar-refractivity contribution is 6.32. The van der Waals surface area contributed by atoms with Gasteiger partial charge in [0, 0.05) is 23.2 Å². The van der Waals surface area contributed by atoms with Crippen LogP contribution in [0.4, 0.5) is 11.4 Å². The van der Waals surface area contributed by atoms with Gasteiger partial charge in [0.25, 0.3) is 0 Å². The first-order valence-corrected chi connectivity index (χ1v) is 9.58. The van der Waals surface area contributed by atoms with Crippen molar-refractivity contribution in [1.82, 2.24) is 15.0 Å². The minimum atomic E-state index is 0. The number of hydrogen-bond donors (Lipinski definition) is 2. The lowest BCUT2D eigenvalue weighted by Gasteiger charge is -2.17. The molecule has 0 aliphatic rings. The molecule has 0 amide bonds. The van der Waals surface area contributed by atoms with Gasteiger partial charge >= 0.3 is 0 Å². The van der Waals surface area contributed by atoms with Crippen LogP contribution in [0.3, 0.4) is 0 Å². The smallest absolute Gasteiger partial charge is 0.144 e. The van der Waals surface area contributed by atoms with E-state index in [-0.39, 0.29) is 12.4 Å². The molecule has 152 valence electrons. The summed E-state index contributed by atoms with van der Waals surface area (Å²) in [5.74, 6) is 1.27. The van der Waals surface area contributed by atoms with Crippen molar-refractivity contribution >= 4 is 57.3 Å². The lowest BCUT2D eigenvalue weighted by Crippen LogP contribution is -2.01. The molecule has 0 atom stereocenters. The summed E-state index contributed by atoms with van der Waals surface area (Å²) in [5.41, 5.74) is 5.30. The van der Waals surface area contributed by atoms with Crippen LogP contribution in [0.1, 0.15) is 19.5 Å². The molecule has 4 rings (SSSR count). The third-order valence-corrected chi connectivity index (χ3v) is 4.69. The Bertz CT molecular complexity index is 1160. The molecule has 0 bridgehead atoms. The molecule has 0 saturated carbocycles. The fourth-order valence-corrected chi connectivity index (χ4v) is 3.50. The van der Waals surface area contributed by atoms with Crippen LogP contribution in [0.5, 0.6) is 11.5 Å². The Balaban J connectivity index is 0.00000240. The quantitative estimate of drug-likeness (QED) is 0.388. The number of aromatic nitrogens is 3. The van der Waals surface area contributed by atoms with Crippen LogP contribution in [0.25, 0.3) is 21.9 Å². The van der Waals surface area contributed by atoms with Crippen molar-refractivity contribution < 1.29 is 9.47 Å². The van der Waals surface area contributed by atoms with E-state index >= 15 is 0 Å². The molecular weight excluding hydrogens is 411 g/mol. The van der Waals surface area contributed by atoms with Gasteiger partial charge in [0.05, 0.1) is 52.5 Å². The Hall–Kier alpha value is -2.70. The fraction of sp³-hybridized carbons (Fsp3) is 0.238. The first-order chi connectivity index (χ1) is 13.6. The second kappa shape index (κ2) is 8.76. The summed E-state index contributed by atoms with van der Waals surface area (Å²) < 4.78 is 11.5. The lowest BCUT2D eigenvalue weighted by atomic mass is 10.1. The number of ether oxygens (including phenoxy) is 2. The molecule has 2 N–H and O–H groups in total. The van der Waals surface area contributed by atoms with Crippen molar-refractivity contribution in [3.05, 3.63) is 47.4 Å². The van der Waals surface area contributed by atoms with E-state index in [9.17, 15) is 0 Å². The number of nitrogens with zero attached hydrogens (tertiary/aromatic N) is 2. The molecule has 8 heteroatoms. The number of aromatic amines is 1. The molecule has 29 heavy (non-hydrogen) atoms. The first-order valence-electron chi connectivity index (χ1n) is 9.20. The number of imidazole rings is 1. The summed E-state index contributed by atoms with van der Waals surface area (Å²) >= 11 is 6.35. The maximum Gasteiger partial charge on any atom is 0.144 e. The summed E-state index contributed by atoms with van der Waals surface area (Å²) in [4.78, 5) is 12.2. The number of nitrogens with one attached hydrogen (secondary N) is 2. The number of benzene rings is 2. The predicted molar refractivity (Wildman–Crippen MR) is 120 cm³/mol. The Labute approximate surface area is 180 Å². The van der Waals surface area contributed by atoms with E-state index in [1.54, 1.807) is 12.4 Å². The van der Waals surface area contributed by atoms with E-state index in [1.807, 2.05) is 45.0 Å². The minimum absolute atomic E-state index is 0. The molecule has 0 radical (unpaired) electrons. The van der Waals surface area contributed by atoms with Gasteiger partial charge in [-0.25, -0.2) is 4.98 Å². The van der Waals surface area contributed by atoms with Gasteiger partial charge < -0.3 is 19.8 Å². The summed E-state index contributed by atoms with van der Waals surface area (Å²) in [6.07, 6.45) is 1.69. The molecule has 4 aromatic rings. The van der Waals surface area contributed by atoms with Crippen LogP contribution in [-0.2, 0) is 0 Å². The number of aryl methyl sites for hydroxylation is 1. The van der Waals surface area contributed by atoms with Gasteiger partial charge in [-0.1, -0.05) is 11.6 Å². The molecule has 0 saturated heterocycles. The summed E-state index contributed by atoms with van der Waals surface area (Å²) in [7, 11) is 0. The monoisotopic (exact) mass is 432 g/mol. The number of fused-ring (bicyclic) bond motifs is 3. The van der Waals surface area contributed by atoms with E-state index in [0.717, 1.165) is 39.0 Å². The van der Waals surface area contributed by atoms with Crippen molar-refractivity contribution in [2.75, 3.05) is 18.5 Å². The van der Waals surface area contributed by atoms with Crippen molar-refractivity contribution in [3.8, 4) is 11.5 Å². The van der Waals surface area contributed by atoms with Crippen molar-refractivity contribution in [3.63, 3.8) is 0 Å². The molecule has 0 aliphatic heterocycles. The Kier molecular flexibility index (Phi) is 6.35. The van der Waals surface area contributed by atoms with E-state index in [1.165, 1.54) is 0 Å². The highest BCUT2D eigenvalue weighted by Crippen LogP contribution is 2.39. The van der Waals surface area contributed by atoms with Gasteiger partial charge in [-0.15, -0.1) is 12.4 Å². The normalized spacial score (nSPS) is 10.8. The number of rotatable bonds is 6. The van der Waals surface area contributed by atoms with E-state index < -0.39 is 0 Å². The second-order valence-corrected chi connectivity index (χ2v) is 6.74. The minimum Gasteiger partial charge on any atom is -0.492 e. The van der Waals surface area contributed by atoms with E-state index in [4.69, 9.17) is 21.1 Å². The zero-order valence-electron chi connectivity index (χ0n) is 16.4. The molecule has 0 spiro atoms. The van der Waals surface area contributed by atoms with Gasteiger partial charge in [0.2, 0.25) is 0 Å². The third-order valence-electron chi connectivity index (χ3n) is 4.40. The molecule has 0 fully saturated rings. The van der Waals surface area contributed by atoms with Crippen LogP contribution in [-0.4, -0.2) is 28.2 Å². The number of H-pyrrole nitrogens is 1. The number of anilines is 2. The highest BCUT2D eigenvalue weighted by Gasteiger charge is 2.15. The lowest BCUT2D eigenvalue weighted by molar-refractivity contribution is 0.332. The Morgan fingerprint density at radius 1 is 1.00 bits per heavy atom. The van der Waals surface area contributed by atoms with Crippen LogP contribution < -0.4 is 14.8 Å². The van der Waals surface area contributed by atoms with Gasteiger partial charge in [0.1, 0.15) is 11.5 Å². The third kappa shape index (κ3) is 4.04. The molecule has 2 heterocycles. The van der Waals surface area contributed by atoms with Gasteiger partial charge in [-0.3, -0.25) is 4.98 Å². The molecule has 0 unspecified atom stereocenters. The van der Waals surface area contributed by atoms with Gasteiger partial charge in [0.15, 0.2) is 0 Å². The van der Waals surface area contributed by atoms with Gasteiger partial charge in [-0.05, 0) is 39.0 Å². The van der Waals surface area contributed by atoms with Crippen LogP contribution in [0, 0.1) is 6.92 Å². The fourth-order valence-electron chi connectivity index (χ4n) is 3.29. The average molecular weight is 433 g/mol. The maximum atomic E-state index is 6.35.